The second-order valence-corrected chi connectivity index (χ2v) is 3.94. The molecule has 0 aromatic heterocycles. The number of hydrogen-bond acceptors (Lipinski definition) is 3. The van der Waals surface area contributed by atoms with Crippen LogP contribution in [0, 0.1) is 0 Å². The van der Waals surface area contributed by atoms with Crippen LogP contribution in [0.5, 0.6) is 0 Å². The lowest BCUT2D eigenvalue weighted by Gasteiger charge is -2.25. The van der Waals surface area contributed by atoms with Crippen LogP contribution in [0.1, 0.15) is 40.0 Å². The molecular formula is C10H23NO2. The Kier molecular flexibility index (Phi) is 6.29. The van der Waals surface area contributed by atoms with Gasteiger partial charge in [-0.2, -0.15) is 0 Å². The molecule has 0 spiro atoms. The molecule has 0 saturated carbocycles. The van der Waals surface area contributed by atoms with E-state index in [-0.39, 0.29) is 12.6 Å². The Morgan fingerprint density at radius 1 is 1.54 bits per heavy atom. The molecule has 0 aliphatic rings. The molecule has 0 aliphatic heterocycles. The number of aliphatic hydroxyl groups is 1. The summed E-state index contributed by atoms with van der Waals surface area (Å²) in [7, 11) is 0. The van der Waals surface area contributed by atoms with Crippen LogP contribution >= 0.6 is 0 Å². The third kappa shape index (κ3) is 6.99. The van der Waals surface area contributed by atoms with Crippen LogP contribution in [0.15, 0.2) is 0 Å². The first-order valence-electron chi connectivity index (χ1n) is 5.06. The molecule has 0 fully saturated rings. The lowest BCUT2D eigenvalue weighted by atomic mass is 9.99. The summed E-state index contributed by atoms with van der Waals surface area (Å²) in [4.78, 5) is 0. The van der Waals surface area contributed by atoms with Crippen LogP contribution in [-0.4, -0.2) is 30.0 Å². The molecule has 0 rings (SSSR count). The van der Waals surface area contributed by atoms with E-state index in [4.69, 9.17) is 10.5 Å². The molecular weight excluding hydrogens is 166 g/mol. The smallest absolute Gasteiger partial charge is 0.0765 e. The molecule has 3 N–H and O–H groups in total. The van der Waals surface area contributed by atoms with E-state index in [0.717, 1.165) is 19.4 Å². The highest BCUT2D eigenvalue weighted by Gasteiger charge is 2.21. The average Bonchev–Trinajstić information content (AvgIpc) is 2.04. The van der Waals surface area contributed by atoms with E-state index in [2.05, 4.69) is 6.92 Å². The van der Waals surface area contributed by atoms with Gasteiger partial charge in [0.1, 0.15) is 0 Å². The summed E-state index contributed by atoms with van der Waals surface area (Å²) in [6, 6.07) is 0. The average molecular weight is 189 g/mol. The number of hydrogen-bond donors (Lipinski definition) is 2. The predicted molar refractivity (Wildman–Crippen MR) is 54.6 cm³/mol. The first kappa shape index (κ1) is 12.9. The van der Waals surface area contributed by atoms with Gasteiger partial charge in [0.05, 0.1) is 11.7 Å². The van der Waals surface area contributed by atoms with E-state index in [1.165, 1.54) is 0 Å². The molecule has 0 radical (unpaired) electrons. The highest BCUT2D eigenvalue weighted by molar-refractivity contribution is 4.76. The Balaban J connectivity index is 3.55. The highest BCUT2D eigenvalue weighted by atomic mass is 16.5. The second kappa shape index (κ2) is 6.35. The van der Waals surface area contributed by atoms with Gasteiger partial charge in [0.15, 0.2) is 0 Å². The Bertz CT molecular complexity index is 126. The van der Waals surface area contributed by atoms with Crippen molar-refractivity contribution in [3.63, 3.8) is 0 Å². The first-order valence-corrected chi connectivity index (χ1v) is 5.06. The molecule has 13 heavy (non-hydrogen) atoms. The Morgan fingerprint density at radius 2 is 2.15 bits per heavy atom. The predicted octanol–water partition coefficient (Wildman–Crippen LogP) is 1.29. The van der Waals surface area contributed by atoms with Gasteiger partial charge in [0.2, 0.25) is 0 Å². The minimum atomic E-state index is -0.786. The van der Waals surface area contributed by atoms with E-state index in [9.17, 15) is 5.11 Å². The number of ether oxygens (including phenoxy) is 1. The quantitative estimate of drug-likeness (QED) is 0.593. The second-order valence-electron chi connectivity index (χ2n) is 3.94. The lowest BCUT2D eigenvalue weighted by Crippen LogP contribution is -2.37. The van der Waals surface area contributed by atoms with Crippen molar-refractivity contribution in [2.75, 3.05) is 13.2 Å². The van der Waals surface area contributed by atoms with Gasteiger partial charge < -0.3 is 15.6 Å². The molecule has 3 heteroatoms. The van der Waals surface area contributed by atoms with Crippen molar-refractivity contribution in [1.29, 1.82) is 0 Å². The molecule has 2 atom stereocenters. The monoisotopic (exact) mass is 189 g/mol. The number of rotatable bonds is 7. The minimum Gasteiger partial charge on any atom is -0.389 e. The van der Waals surface area contributed by atoms with Gasteiger partial charge in [-0.05, 0) is 20.3 Å². The van der Waals surface area contributed by atoms with Gasteiger partial charge in [0, 0.05) is 19.6 Å². The fourth-order valence-corrected chi connectivity index (χ4v) is 1.19. The van der Waals surface area contributed by atoms with Crippen LogP contribution < -0.4 is 5.73 Å². The van der Waals surface area contributed by atoms with E-state index in [1.54, 1.807) is 6.92 Å². The molecule has 0 bridgehead atoms. The zero-order chi connectivity index (χ0) is 10.3. The van der Waals surface area contributed by atoms with Gasteiger partial charge in [-0.25, -0.2) is 0 Å². The first-order chi connectivity index (χ1) is 6.02. The van der Waals surface area contributed by atoms with E-state index < -0.39 is 5.60 Å². The topological polar surface area (TPSA) is 55.5 Å². The summed E-state index contributed by atoms with van der Waals surface area (Å²) in [5.41, 5.74) is 4.62. The van der Waals surface area contributed by atoms with E-state index in [1.807, 2.05) is 6.92 Å². The maximum Gasteiger partial charge on any atom is 0.0765 e. The zero-order valence-corrected chi connectivity index (χ0v) is 9.05. The summed E-state index contributed by atoms with van der Waals surface area (Å²) in [6.07, 6.45) is 2.91. The standard InChI is InChI=1S/C10H23NO2/c1-4-5-6-13-9(2)7-10(3,12)8-11/h9,12H,4-8,11H2,1-3H3. The van der Waals surface area contributed by atoms with Crippen LogP contribution in [0.3, 0.4) is 0 Å². The van der Waals surface area contributed by atoms with Crippen LogP contribution in [0.25, 0.3) is 0 Å². The normalized spacial score (nSPS) is 18.2. The summed E-state index contributed by atoms with van der Waals surface area (Å²) < 4.78 is 5.50. The molecule has 3 nitrogen and oxygen atoms in total. The fraction of sp³-hybridized carbons (Fsp3) is 1.00. The largest absolute Gasteiger partial charge is 0.389 e. The minimum absolute atomic E-state index is 0.0881. The Labute approximate surface area is 81.3 Å². The van der Waals surface area contributed by atoms with Crippen LogP contribution in [-0.2, 0) is 4.74 Å². The van der Waals surface area contributed by atoms with Crippen molar-refractivity contribution >= 4 is 0 Å². The van der Waals surface area contributed by atoms with Gasteiger partial charge in [-0.3, -0.25) is 0 Å². The highest BCUT2D eigenvalue weighted by Crippen LogP contribution is 2.12. The molecule has 0 saturated heterocycles. The maximum absolute atomic E-state index is 9.65. The van der Waals surface area contributed by atoms with Crippen LogP contribution in [0.4, 0.5) is 0 Å². The van der Waals surface area contributed by atoms with Gasteiger partial charge >= 0.3 is 0 Å². The third-order valence-electron chi connectivity index (χ3n) is 2.07. The zero-order valence-electron chi connectivity index (χ0n) is 9.05. The van der Waals surface area contributed by atoms with Gasteiger partial charge in [-0.1, -0.05) is 13.3 Å². The van der Waals surface area contributed by atoms with Crippen molar-refractivity contribution in [1.82, 2.24) is 0 Å². The van der Waals surface area contributed by atoms with Crippen molar-refractivity contribution < 1.29 is 9.84 Å². The van der Waals surface area contributed by atoms with Crippen LogP contribution in [0.2, 0.25) is 0 Å². The lowest BCUT2D eigenvalue weighted by molar-refractivity contribution is -0.0180. The summed E-state index contributed by atoms with van der Waals surface area (Å²) in [5, 5.41) is 9.65. The van der Waals surface area contributed by atoms with E-state index in [0.29, 0.717) is 6.42 Å². The van der Waals surface area contributed by atoms with Crippen molar-refractivity contribution in [2.24, 2.45) is 5.73 Å². The van der Waals surface area contributed by atoms with E-state index >= 15 is 0 Å². The summed E-state index contributed by atoms with van der Waals surface area (Å²) >= 11 is 0. The Morgan fingerprint density at radius 3 is 2.62 bits per heavy atom. The molecule has 0 aromatic carbocycles. The van der Waals surface area contributed by atoms with Gasteiger partial charge in [-0.15, -0.1) is 0 Å². The molecule has 0 aliphatic carbocycles. The maximum atomic E-state index is 9.65. The van der Waals surface area contributed by atoms with Crippen molar-refractivity contribution in [3.8, 4) is 0 Å². The molecule has 0 aromatic rings. The summed E-state index contributed by atoms with van der Waals surface area (Å²) in [5.74, 6) is 0. The number of unbranched alkanes of at least 4 members (excludes halogenated alkanes) is 1. The third-order valence-corrected chi connectivity index (χ3v) is 2.07. The SMILES string of the molecule is CCCCOC(C)CC(C)(O)CN. The fourth-order valence-electron chi connectivity index (χ4n) is 1.19. The molecule has 0 amide bonds. The van der Waals surface area contributed by atoms with Crippen molar-refractivity contribution in [2.45, 2.75) is 51.7 Å². The molecule has 80 valence electrons. The molecule has 0 heterocycles. The van der Waals surface area contributed by atoms with Crippen molar-refractivity contribution in [3.05, 3.63) is 0 Å². The number of nitrogens with two attached hydrogens (primary N) is 1. The Hall–Kier alpha value is -0.120. The summed E-state index contributed by atoms with van der Waals surface area (Å²) in [6.45, 7) is 6.91. The molecule has 2 unspecified atom stereocenters. The van der Waals surface area contributed by atoms with Gasteiger partial charge in [0.25, 0.3) is 0 Å².